The third kappa shape index (κ3) is 3.79. The van der Waals surface area contributed by atoms with Crippen LogP contribution in [0, 0.1) is 0 Å². The van der Waals surface area contributed by atoms with Crippen molar-refractivity contribution in [3.8, 4) is 33.4 Å². The highest BCUT2D eigenvalue weighted by molar-refractivity contribution is 7.15. The van der Waals surface area contributed by atoms with Crippen LogP contribution >= 0.6 is 11.3 Å². The molecule has 0 spiro atoms. The van der Waals surface area contributed by atoms with Crippen LogP contribution in [0.4, 0.5) is 10.7 Å². The molecule has 34 heavy (non-hydrogen) atoms. The zero-order valence-corrected chi connectivity index (χ0v) is 19.4. The van der Waals surface area contributed by atoms with Gasteiger partial charge in [0.25, 0.3) is 0 Å². The summed E-state index contributed by atoms with van der Waals surface area (Å²) in [6.07, 6.45) is 0. The van der Waals surface area contributed by atoms with E-state index in [2.05, 4.69) is 138 Å². The van der Waals surface area contributed by atoms with Crippen molar-refractivity contribution < 1.29 is 0 Å². The van der Waals surface area contributed by atoms with E-state index < -0.39 is 0 Å². The van der Waals surface area contributed by atoms with Crippen LogP contribution in [-0.4, -0.2) is 0 Å². The van der Waals surface area contributed by atoms with Gasteiger partial charge < -0.3 is 5.32 Å². The van der Waals surface area contributed by atoms with E-state index in [9.17, 15) is 0 Å². The first-order chi connectivity index (χ1) is 16.9. The molecule has 2 heteroatoms. The molecule has 0 aliphatic heterocycles. The lowest BCUT2D eigenvalue weighted by atomic mass is 9.96. The molecule has 6 rings (SSSR count). The summed E-state index contributed by atoms with van der Waals surface area (Å²) >= 11 is 1.76. The number of rotatable bonds is 5. The summed E-state index contributed by atoms with van der Waals surface area (Å²) < 4.78 is 0. The Kier molecular flexibility index (Phi) is 5.42. The Bertz CT molecular complexity index is 1560. The molecule has 1 aromatic heterocycles. The van der Waals surface area contributed by atoms with Crippen molar-refractivity contribution in [1.29, 1.82) is 0 Å². The summed E-state index contributed by atoms with van der Waals surface area (Å²) in [5, 5.41) is 9.74. The topological polar surface area (TPSA) is 12.0 Å². The fraction of sp³-hybridized carbons (Fsp3) is 0. The molecular formula is C32H23NS. The minimum absolute atomic E-state index is 1.11. The molecule has 6 aromatic rings. The van der Waals surface area contributed by atoms with Crippen molar-refractivity contribution in [3.05, 3.63) is 133 Å². The second-order valence-corrected chi connectivity index (χ2v) is 9.16. The monoisotopic (exact) mass is 453 g/mol. The minimum Gasteiger partial charge on any atom is -0.346 e. The Morgan fingerprint density at radius 1 is 0.471 bits per heavy atom. The third-order valence-electron chi connectivity index (χ3n) is 6.19. The van der Waals surface area contributed by atoms with Crippen molar-refractivity contribution in [2.45, 2.75) is 0 Å². The van der Waals surface area contributed by atoms with Gasteiger partial charge in [0.05, 0.1) is 0 Å². The Labute approximate surface area is 204 Å². The number of hydrogen-bond donors (Lipinski definition) is 1. The van der Waals surface area contributed by atoms with Crippen molar-refractivity contribution in [2.24, 2.45) is 0 Å². The number of anilines is 2. The quantitative estimate of drug-likeness (QED) is 0.274. The van der Waals surface area contributed by atoms with Crippen LogP contribution in [0.25, 0.3) is 44.2 Å². The van der Waals surface area contributed by atoms with E-state index in [1.165, 1.54) is 44.2 Å². The van der Waals surface area contributed by atoms with Crippen molar-refractivity contribution in [3.63, 3.8) is 0 Å². The van der Waals surface area contributed by atoms with Crippen LogP contribution in [0.2, 0.25) is 0 Å². The first kappa shape index (κ1) is 20.5. The van der Waals surface area contributed by atoms with Crippen molar-refractivity contribution in [1.82, 2.24) is 0 Å². The first-order valence-corrected chi connectivity index (χ1v) is 12.3. The zero-order chi connectivity index (χ0) is 22.7. The van der Waals surface area contributed by atoms with Crippen molar-refractivity contribution in [2.75, 3.05) is 5.32 Å². The molecular weight excluding hydrogens is 430 g/mol. The molecule has 0 aliphatic rings. The van der Waals surface area contributed by atoms with E-state index in [-0.39, 0.29) is 0 Å². The molecule has 1 heterocycles. The summed E-state index contributed by atoms with van der Waals surface area (Å²) in [5.41, 5.74) is 8.49. The molecule has 0 aliphatic carbocycles. The number of hydrogen-bond acceptors (Lipinski definition) is 2. The maximum absolute atomic E-state index is 3.81. The van der Waals surface area contributed by atoms with E-state index in [1.54, 1.807) is 11.3 Å². The van der Waals surface area contributed by atoms with E-state index >= 15 is 0 Å². The van der Waals surface area contributed by atoms with Gasteiger partial charge in [0.2, 0.25) is 0 Å². The van der Waals surface area contributed by atoms with E-state index in [4.69, 9.17) is 0 Å². The van der Waals surface area contributed by atoms with Gasteiger partial charge in [-0.15, -0.1) is 11.3 Å². The SMILES string of the molecule is c1ccc(-c2csc(Nc3ccccc3-c3cccc4ccccc34)c2-c2ccccc2)cc1. The second-order valence-electron chi connectivity index (χ2n) is 8.28. The standard InChI is InChI=1S/C32H23NS/c1-3-12-24(13-4-1)29-22-34-32(31(29)25-15-5-2-6-16-25)33-30-21-10-9-19-28(30)27-20-11-17-23-14-7-8-18-26(23)27/h1-22,33H. The lowest BCUT2D eigenvalue weighted by Gasteiger charge is -2.15. The van der Waals surface area contributed by atoms with E-state index in [0.29, 0.717) is 0 Å². The molecule has 5 aromatic carbocycles. The van der Waals surface area contributed by atoms with Crippen LogP contribution in [-0.2, 0) is 0 Å². The Balaban J connectivity index is 1.50. The summed E-state index contributed by atoms with van der Waals surface area (Å²) in [6, 6.07) is 45.0. The van der Waals surface area contributed by atoms with Gasteiger partial charge in [-0.3, -0.25) is 0 Å². The number of benzene rings is 5. The molecule has 0 saturated carbocycles. The largest absolute Gasteiger partial charge is 0.346 e. The second kappa shape index (κ2) is 9.01. The fourth-order valence-corrected chi connectivity index (χ4v) is 5.59. The lowest BCUT2D eigenvalue weighted by Crippen LogP contribution is -1.94. The Hall–Kier alpha value is -4.14. The third-order valence-corrected chi connectivity index (χ3v) is 7.09. The molecule has 0 amide bonds. The van der Waals surface area contributed by atoms with Crippen LogP contribution < -0.4 is 5.32 Å². The summed E-state index contributed by atoms with van der Waals surface area (Å²) in [7, 11) is 0. The van der Waals surface area contributed by atoms with Gasteiger partial charge in [-0.1, -0.05) is 121 Å². The normalized spacial score (nSPS) is 10.9. The molecule has 1 nitrogen and oxygen atoms in total. The molecule has 0 fully saturated rings. The van der Waals surface area contributed by atoms with Crippen LogP contribution in [0.1, 0.15) is 0 Å². The average Bonchev–Trinajstić information content (AvgIpc) is 3.33. The molecule has 0 unspecified atom stereocenters. The Morgan fingerprint density at radius 2 is 1.09 bits per heavy atom. The predicted octanol–water partition coefficient (Wildman–Crippen LogP) is 9.65. The Morgan fingerprint density at radius 3 is 1.91 bits per heavy atom. The molecule has 1 N–H and O–H groups in total. The van der Waals surface area contributed by atoms with Gasteiger partial charge in [0.1, 0.15) is 5.00 Å². The number of fused-ring (bicyclic) bond motifs is 1. The van der Waals surface area contributed by atoms with Gasteiger partial charge >= 0.3 is 0 Å². The van der Waals surface area contributed by atoms with Gasteiger partial charge in [0.15, 0.2) is 0 Å². The van der Waals surface area contributed by atoms with Crippen LogP contribution in [0.5, 0.6) is 0 Å². The molecule has 162 valence electrons. The summed E-state index contributed by atoms with van der Waals surface area (Å²) in [5.74, 6) is 0. The number of nitrogens with one attached hydrogen (secondary N) is 1. The van der Waals surface area contributed by atoms with E-state index in [0.717, 1.165) is 10.7 Å². The highest BCUT2D eigenvalue weighted by Gasteiger charge is 2.17. The van der Waals surface area contributed by atoms with Gasteiger partial charge in [0, 0.05) is 27.8 Å². The van der Waals surface area contributed by atoms with Crippen molar-refractivity contribution >= 4 is 32.8 Å². The smallest absolute Gasteiger partial charge is 0.101 e. The lowest BCUT2D eigenvalue weighted by molar-refractivity contribution is 1.57. The summed E-state index contributed by atoms with van der Waals surface area (Å²) in [6.45, 7) is 0. The number of para-hydroxylation sites is 1. The van der Waals surface area contributed by atoms with Gasteiger partial charge in [-0.05, 0) is 33.5 Å². The molecule has 0 saturated heterocycles. The molecule has 0 atom stereocenters. The van der Waals surface area contributed by atoms with E-state index in [1.807, 2.05) is 0 Å². The highest BCUT2D eigenvalue weighted by atomic mass is 32.1. The van der Waals surface area contributed by atoms with Gasteiger partial charge in [-0.25, -0.2) is 0 Å². The zero-order valence-electron chi connectivity index (χ0n) is 18.6. The van der Waals surface area contributed by atoms with Crippen LogP contribution in [0.15, 0.2) is 133 Å². The fourth-order valence-electron chi connectivity index (χ4n) is 4.58. The summed E-state index contributed by atoms with van der Waals surface area (Å²) in [4.78, 5) is 0. The maximum Gasteiger partial charge on any atom is 0.101 e. The average molecular weight is 454 g/mol. The maximum atomic E-state index is 3.81. The van der Waals surface area contributed by atoms with Gasteiger partial charge in [-0.2, -0.15) is 0 Å². The highest BCUT2D eigenvalue weighted by Crippen LogP contribution is 2.45. The minimum atomic E-state index is 1.11. The number of thiophene rings is 1. The predicted molar refractivity (Wildman–Crippen MR) is 148 cm³/mol. The molecule has 0 radical (unpaired) electrons. The van der Waals surface area contributed by atoms with Crippen LogP contribution in [0.3, 0.4) is 0 Å². The first-order valence-electron chi connectivity index (χ1n) is 11.4. The molecule has 0 bridgehead atoms.